The van der Waals surface area contributed by atoms with Gasteiger partial charge in [-0.1, -0.05) is 30.3 Å². The van der Waals surface area contributed by atoms with Crippen LogP contribution in [0, 0.1) is 6.92 Å². The molecule has 0 aliphatic carbocycles. The van der Waals surface area contributed by atoms with Crippen LogP contribution in [-0.4, -0.2) is 35.8 Å². The number of carbonyl (C=O) groups excluding carboxylic acids is 2. The van der Waals surface area contributed by atoms with Gasteiger partial charge in [-0.25, -0.2) is 4.98 Å². The predicted octanol–water partition coefficient (Wildman–Crippen LogP) is 3.62. The monoisotopic (exact) mass is 422 g/mol. The van der Waals surface area contributed by atoms with E-state index in [1.165, 1.54) is 11.3 Å². The number of benzene rings is 2. The van der Waals surface area contributed by atoms with E-state index in [-0.39, 0.29) is 18.2 Å². The maximum Gasteiger partial charge on any atom is 0.251 e. The van der Waals surface area contributed by atoms with Crippen LogP contribution in [0.4, 0.5) is 5.69 Å². The van der Waals surface area contributed by atoms with Gasteiger partial charge < -0.3 is 10.6 Å². The SMILES string of the molecule is CNC(=O)c1ccc(CN(C)Cc2csc(CC(=O)Nc3ccccc3C)n2)cc1. The van der Waals surface area contributed by atoms with E-state index >= 15 is 0 Å². The summed E-state index contributed by atoms with van der Waals surface area (Å²) >= 11 is 1.51. The molecule has 3 rings (SSSR count). The summed E-state index contributed by atoms with van der Waals surface area (Å²) in [5.74, 6) is -0.147. The molecule has 0 fully saturated rings. The Kier molecular flexibility index (Phi) is 7.32. The number of rotatable bonds is 8. The van der Waals surface area contributed by atoms with Crippen LogP contribution in [0.5, 0.6) is 0 Å². The molecule has 1 aromatic heterocycles. The summed E-state index contributed by atoms with van der Waals surface area (Å²) in [5.41, 5.74) is 4.59. The lowest BCUT2D eigenvalue weighted by Gasteiger charge is -2.15. The van der Waals surface area contributed by atoms with Gasteiger partial charge >= 0.3 is 0 Å². The highest BCUT2D eigenvalue weighted by molar-refractivity contribution is 7.09. The van der Waals surface area contributed by atoms with Crippen LogP contribution in [0.15, 0.2) is 53.9 Å². The molecule has 0 aliphatic heterocycles. The third-order valence-corrected chi connectivity index (χ3v) is 5.56. The van der Waals surface area contributed by atoms with Crippen LogP contribution in [0.2, 0.25) is 0 Å². The molecule has 30 heavy (non-hydrogen) atoms. The number of nitrogens with one attached hydrogen (secondary N) is 2. The highest BCUT2D eigenvalue weighted by atomic mass is 32.1. The molecule has 3 aromatic rings. The van der Waals surface area contributed by atoms with E-state index in [4.69, 9.17) is 0 Å². The number of para-hydroxylation sites is 1. The fourth-order valence-corrected chi connectivity index (χ4v) is 3.88. The Morgan fingerprint density at radius 1 is 1.07 bits per heavy atom. The Bertz CT molecular complexity index is 1010. The Morgan fingerprint density at radius 2 is 1.80 bits per heavy atom. The molecule has 0 radical (unpaired) electrons. The zero-order valence-corrected chi connectivity index (χ0v) is 18.3. The van der Waals surface area contributed by atoms with Gasteiger partial charge in [-0.3, -0.25) is 14.5 Å². The molecule has 0 unspecified atom stereocenters. The lowest BCUT2D eigenvalue weighted by Crippen LogP contribution is -2.19. The molecular formula is C23H26N4O2S. The van der Waals surface area contributed by atoms with Gasteiger partial charge in [0.25, 0.3) is 5.91 Å². The minimum atomic E-state index is -0.0867. The number of carbonyl (C=O) groups is 2. The molecule has 2 aromatic carbocycles. The average Bonchev–Trinajstić information content (AvgIpc) is 3.16. The number of aryl methyl sites for hydroxylation is 1. The largest absolute Gasteiger partial charge is 0.355 e. The van der Waals surface area contributed by atoms with E-state index in [1.54, 1.807) is 7.05 Å². The number of aromatic nitrogens is 1. The van der Waals surface area contributed by atoms with Crippen LogP contribution in [0.3, 0.4) is 0 Å². The van der Waals surface area contributed by atoms with Crippen molar-refractivity contribution in [2.24, 2.45) is 0 Å². The summed E-state index contributed by atoms with van der Waals surface area (Å²) in [4.78, 5) is 30.7. The van der Waals surface area contributed by atoms with E-state index in [1.807, 2.05) is 67.9 Å². The molecule has 156 valence electrons. The van der Waals surface area contributed by atoms with E-state index in [2.05, 4.69) is 20.5 Å². The molecule has 6 nitrogen and oxygen atoms in total. The van der Waals surface area contributed by atoms with Crippen molar-refractivity contribution in [3.05, 3.63) is 81.3 Å². The molecule has 0 atom stereocenters. The van der Waals surface area contributed by atoms with E-state index in [0.717, 1.165) is 34.1 Å². The van der Waals surface area contributed by atoms with Crippen molar-refractivity contribution in [2.75, 3.05) is 19.4 Å². The summed E-state index contributed by atoms with van der Waals surface area (Å²) in [6, 6.07) is 15.3. The maximum atomic E-state index is 12.3. The van der Waals surface area contributed by atoms with E-state index < -0.39 is 0 Å². The Balaban J connectivity index is 1.51. The molecule has 0 spiro atoms. The third kappa shape index (κ3) is 5.98. The maximum absolute atomic E-state index is 12.3. The summed E-state index contributed by atoms with van der Waals surface area (Å²) in [7, 11) is 3.65. The minimum absolute atomic E-state index is 0.0604. The second kappa shape index (κ2) is 10.1. The van der Waals surface area contributed by atoms with Crippen LogP contribution in [-0.2, 0) is 24.3 Å². The lowest BCUT2D eigenvalue weighted by molar-refractivity contribution is -0.115. The molecule has 7 heteroatoms. The number of anilines is 1. The van der Waals surface area contributed by atoms with Crippen LogP contribution in [0.1, 0.15) is 32.2 Å². The highest BCUT2D eigenvalue weighted by Gasteiger charge is 2.11. The summed E-state index contributed by atoms with van der Waals surface area (Å²) in [6.45, 7) is 3.40. The summed E-state index contributed by atoms with van der Waals surface area (Å²) < 4.78 is 0. The van der Waals surface area contributed by atoms with Crippen LogP contribution >= 0.6 is 11.3 Å². The van der Waals surface area contributed by atoms with Crippen molar-refractivity contribution in [1.29, 1.82) is 0 Å². The van der Waals surface area contributed by atoms with Crippen LogP contribution < -0.4 is 10.6 Å². The van der Waals surface area contributed by atoms with Gasteiger partial charge in [0.2, 0.25) is 5.91 Å². The quantitative estimate of drug-likeness (QED) is 0.581. The number of hydrogen-bond donors (Lipinski definition) is 2. The smallest absolute Gasteiger partial charge is 0.251 e. The zero-order chi connectivity index (χ0) is 21.5. The zero-order valence-electron chi connectivity index (χ0n) is 17.4. The van der Waals surface area contributed by atoms with Crippen molar-refractivity contribution in [1.82, 2.24) is 15.2 Å². The number of hydrogen-bond acceptors (Lipinski definition) is 5. The Hall–Kier alpha value is -3.03. The third-order valence-electron chi connectivity index (χ3n) is 4.66. The fraction of sp³-hybridized carbons (Fsp3) is 0.261. The first-order chi connectivity index (χ1) is 14.4. The second-order valence-electron chi connectivity index (χ2n) is 7.22. The minimum Gasteiger partial charge on any atom is -0.355 e. The van der Waals surface area contributed by atoms with Crippen molar-refractivity contribution >= 4 is 28.8 Å². The first-order valence-corrected chi connectivity index (χ1v) is 10.6. The van der Waals surface area contributed by atoms with E-state index in [9.17, 15) is 9.59 Å². The molecule has 1 heterocycles. The predicted molar refractivity (Wildman–Crippen MR) is 121 cm³/mol. The first-order valence-electron chi connectivity index (χ1n) is 9.73. The van der Waals surface area contributed by atoms with Gasteiger partial charge in [-0.05, 0) is 43.3 Å². The molecule has 2 amide bonds. The van der Waals surface area contributed by atoms with Gasteiger partial charge in [0.1, 0.15) is 5.01 Å². The lowest BCUT2D eigenvalue weighted by atomic mass is 10.1. The Labute approximate surface area is 181 Å². The normalized spacial score (nSPS) is 10.8. The molecule has 2 N–H and O–H groups in total. The van der Waals surface area contributed by atoms with Gasteiger partial charge in [0.15, 0.2) is 0 Å². The number of thiazole rings is 1. The standard InChI is InChI=1S/C23H26N4O2S/c1-16-6-4-5-7-20(16)26-21(28)12-22-25-19(15-30-22)14-27(3)13-17-8-10-18(11-9-17)23(29)24-2/h4-11,15H,12-14H2,1-3H3,(H,24,29)(H,26,28). The molecule has 0 saturated heterocycles. The van der Waals surface area contributed by atoms with Crippen molar-refractivity contribution < 1.29 is 9.59 Å². The first kappa shape index (κ1) is 21.7. The van der Waals surface area contributed by atoms with Crippen LogP contribution in [0.25, 0.3) is 0 Å². The number of amides is 2. The summed E-state index contributed by atoms with van der Waals surface area (Å²) in [5, 5.41) is 8.37. The molecule has 0 bridgehead atoms. The Morgan fingerprint density at radius 3 is 2.50 bits per heavy atom. The van der Waals surface area contributed by atoms with Gasteiger partial charge in [0, 0.05) is 36.8 Å². The van der Waals surface area contributed by atoms with E-state index in [0.29, 0.717) is 12.1 Å². The second-order valence-corrected chi connectivity index (χ2v) is 8.16. The van der Waals surface area contributed by atoms with Gasteiger partial charge in [-0.15, -0.1) is 11.3 Å². The van der Waals surface area contributed by atoms with Gasteiger partial charge in [0.05, 0.1) is 12.1 Å². The van der Waals surface area contributed by atoms with Gasteiger partial charge in [-0.2, -0.15) is 0 Å². The summed E-state index contributed by atoms with van der Waals surface area (Å²) in [6.07, 6.45) is 0.268. The van der Waals surface area contributed by atoms with Crippen molar-refractivity contribution in [3.8, 4) is 0 Å². The molecular weight excluding hydrogens is 396 g/mol. The van der Waals surface area contributed by atoms with Crippen molar-refractivity contribution in [2.45, 2.75) is 26.4 Å². The molecule has 0 saturated carbocycles. The topological polar surface area (TPSA) is 74.3 Å². The highest BCUT2D eigenvalue weighted by Crippen LogP contribution is 2.16. The average molecular weight is 423 g/mol. The fourth-order valence-electron chi connectivity index (χ4n) is 3.10. The van der Waals surface area contributed by atoms with Crippen molar-refractivity contribution in [3.63, 3.8) is 0 Å². The number of nitrogens with zero attached hydrogens (tertiary/aromatic N) is 2. The molecule has 0 aliphatic rings.